The van der Waals surface area contributed by atoms with Crippen molar-refractivity contribution in [3.8, 4) is 0 Å². The summed E-state index contributed by atoms with van der Waals surface area (Å²) < 4.78 is 5.06. The van der Waals surface area contributed by atoms with Crippen LogP contribution in [0, 0.1) is 0 Å². The molecule has 2 aromatic carbocycles. The Morgan fingerprint density at radius 3 is 2.68 bits per heavy atom. The molecule has 2 N–H and O–H groups in total. The molecule has 6 heteroatoms. The molecule has 3 aromatic rings. The van der Waals surface area contributed by atoms with E-state index in [-0.39, 0.29) is 5.97 Å². The van der Waals surface area contributed by atoms with Crippen LogP contribution in [-0.2, 0) is 17.6 Å². The number of carbonyl (C=O) groups is 1. The van der Waals surface area contributed by atoms with Crippen molar-refractivity contribution in [1.29, 1.82) is 0 Å². The molecule has 144 valence electrons. The van der Waals surface area contributed by atoms with Gasteiger partial charge in [0.25, 0.3) is 0 Å². The Morgan fingerprint density at radius 2 is 1.82 bits per heavy atom. The Bertz CT molecular complexity index is 1040. The zero-order valence-electron chi connectivity index (χ0n) is 15.7. The smallest absolute Gasteiger partial charge is 0.341 e. The summed E-state index contributed by atoms with van der Waals surface area (Å²) in [6, 6.07) is 14.2. The van der Waals surface area contributed by atoms with E-state index in [0.717, 1.165) is 52.7 Å². The Kier molecular flexibility index (Phi) is 5.59. The summed E-state index contributed by atoms with van der Waals surface area (Å²) in [5.41, 5.74) is 2.71. The van der Waals surface area contributed by atoms with Gasteiger partial charge >= 0.3 is 5.97 Å². The highest BCUT2D eigenvalue weighted by Gasteiger charge is 2.25. The number of thiocarbonyl (C=S) groups is 1. The van der Waals surface area contributed by atoms with Gasteiger partial charge in [-0.05, 0) is 54.9 Å². The van der Waals surface area contributed by atoms with Crippen LogP contribution in [0.4, 0.5) is 10.7 Å². The average Bonchev–Trinajstić information content (AvgIpc) is 2.88. The number of nitrogens with one attached hydrogen (secondary N) is 2. The number of rotatable bonds is 3. The van der Waals surface area contributed by atoms with Crippen molar-refractivity contribution in [2.45, 2.75) is 32.1 Å². The lowest BCUT2D eigenvalue weighted by Crippen LogP contribution is -2.20. The summed E-state index contributed by atoms with van der Waals surface area (Å²) in [7, 11) is 1.43. The third kappa shape index (κ3) is 3.75. The first kappa shape index (κ1) is 18.9. The van der Waals surface area contributed by atoms with E-state index in [4.69, 9.17) is 17.0 Å². The zero-order valence-corrected chi connectivity index (χ0v) is 17.3. The van der Waals surface area contributed by atoms with E-state index in [1.54, 1.807) is 11.3 Å². The van der Waals surface area contributed by atoms with Gasteiger partial charge in [0.1, 0.15) is 5.00 Å². The number of carbonyl (C=O) groups excluding carboxylic acids is 1. The van der Waals surface area contributed by atoms with E-state index in [2.05, 4.69) is 28.8 Å². The summed E-state index contributed by atoms with van der Waals surface area (Å²) in [6.07, 6.45) is 5.39. The second kappa shape index (κ2) is 8.29. The van der Waals surface area contributed by atoms with Crippen LogP contribution in [0.3, 0.4) is 0 Å². The molecule has 1 aliphatic carbocycles. The van der Waals surface area contributed by atoms with Gasteiger partial charge in [-0.1, -0.05) is 42.8 Å². The Hall–Kier alpha value is -2.44. The van der Waals surface area contributed by atoms with Crippen LogP contribution in [0.1, 0.15) is 40.1 Å². The van der Waals surface area contributed by atoms with Gasteiger partial charge in [0, 0.05) is 16.0 Å². The fourth-order valence-corrected chi connectivity index (χ4v) is 5.30. The molecule has 0 atom stereocenters. The zero-order chi connectivity index (χ0) is 19.5. The summed E-state index contributed by atoms with van der Waals surface area (Å²) in [5, 5.41) is 10.0. The molecule has 0 saturated heterocycles. The highest BCUT2D eigenvalue weighted by molar-refractivity contribution is 7.80. The van der Waals surface area contributed by atoms with Gasteiger partial charge in [-0.2, -0.15) is 0 Å². The molecule has 0 saturated carbocycles. The third-order valence-electron chi connectivity index (χ3n) is 5.08. The first-order valence-electron chi connectivity index (χ1n) is 9.46. The lowest BCUT2D eigenvalue weighted by Gasteiger charge is -2.13. The normalized spacial score (nSPS) is 13.5. The van der Waals surface area contributed by atoms with Gasteiger partial charge in [0.15, 0.2) is 5.11 Å². The van der Waals surface area contributed by atoms with Crippen molar-refractivity contribution in [1.82, 2.24) is 0 Å². The standard InChI is InChI=1S/C22H22N2O2S2/c1-26-21(25)19-16-11-3-2-4-13-18(16)28-20(19)24-22(27)23-17-12-7-9-14-8-5-6-10-15(14)17/h5-10,12H,2-4,11,13H2,1H3,(H2,23,24,27). The SMILES string of the molecule is COC(=O)c1c(NC(=S)Nc2cccc3ccccc23)sc2c1CCCCC2. The number of hydrogen-bond acceptors (Lipinski definition) is 4. The quantitative estimate of drug-likeness (QED) is 0.326. The lowest BCUT2D eigenvalue weighted by molar-refractivity contribution is 0.0601. The molecular formula is C22H22N2O2S2. The van der Waals surface area contributed by atoms with Crippen molar-refractivity contribution in [2.24, 2.45) is 0 Å². The monoisotopic (exact) mass is 410 g/mol. The maximum atomic E-state index is 12.5. The maximum absolute atomic E-state index is 12.5. The number of hydrogen-bond donors (Lipinski definition) is 2. The minimum absolute atomic E-state index is 0.296. The number of anilines is 2. The van der Waals surface area contributed by atoms with Gasteiger partial charge in [-0.3, -0.25) is 0 Å². The average molecular weight is 411 g/mol. The van der Waals surface area contributed by atoms with E-state index in [1.165, 1.54) is 18.4 Å². The Morgan fingerprint density at radius 1 is 1.04 bits per heavy atom. The first-order chi connectivity index (χ1) is 13.7. The topological polar surface area (TPSA) is 50.4 Å². The molecule has 0 radical (unpaired) electrons. The highest BCUT2D eigenvalue weighted by Crippen LogP contribution is 2.38. The molecule has 4 rings (SSSR count). The Balaban J connectivity index is 1.61. The van der Waals surface area contributed by atoms with E-state index >= 15 is 0 Å². The van der Waals surface area contributed by atoms with Gasteiger partial charge in [-0.15, -0.1) is 11.3 Å². The van der Waals surface area contributed by atoms with Gasteiger partial charge in [0.2, 0.25) is 0 Å². The molecule has 0 amide bonds. The van der Waals surface area contributed by atoms with Gasteiger partial charge < -0.3 is 15.4 Å². The van der Waals surface area contributed by atoms with Crippen LogP contribution in [0.2, 0.25) is 0 Å². The lowest BCUT2D eigenvalue weighted by atomic mass is 10.1. The molecule has 4 nitrogen and oxygen atoms in total. The number of thiophene rings is 1. The van der Waals surface area contributed by atoms with Crippen LogP contribution in [0.15, 0.2) is 42.5 Å². The van der Waals surface area contributed by atoms with Crippen LogP contribution in [0.25, 0.3) is 10.8 Å². The third-order valence-corrected chi connectivity index (χ3v) is 6.49. The number of benzene rings is 2. The molecule has 28 heavy (non-hydrogen) atoms. The predicted molar refractivity (Wildman–Crippen MR) is 121 cm³/mol. The molecule has 0 unspecified atom stereocenters. The first-order valence-corrected chi connectivity index (χ1v) is 10.7. The van der Waals surface area contributed by atoms with Crippen molar-refractivity contribution in [3.05, 3.63) is 58.5 Å². The van der Waals surface area contributed by atoms with Crippen molar-refractivity contribution in [2.75, 3.05) is 17.7 Å². The molecule has 0 bridgehead atoms. The fourth-order valence-electron chi connectivity index (χ4n) is 3.74. The van der Waals surface area contributed by atoms with Crippen molar-refractivity contribution >= 4 is 56.1 Å². The fraction of sp³-hybridized carbons (Fsp3) is 0.273. The highest BCUT2D eigenvalue weighted by atomic mass is 32.1. The number of esters is 1. The summed E-state index contributed by atoms with van der Waals surface area (Å²) in [4.78, 5) is 13.7. The molecule has 1 heterocycles. The Labute approximate surface area is 173 Å². The molecule has 0 fully saturated rings. The number of fused-ring (bicyclic) bond motifs is 2. The number of methoxy groups -OCH3 is 1. The molecule has 0 aliphatic heterocycles. The number of ether oxygens (including phenoxy) is 1. The molecular weight excluding hydrogens is 388 g/mol. The summed E-state index contributed by atoms with van der Waals surface area (Å²) in [6.45, 7) is 0. The minimum atomic E-state index is -0.296. The van der Waals surface area contributed by atoms with E-state index in [9.17, 15) is 4.79 Å². The molecule has 1 aromatic heterocycles. The van der Waals surface area contributed by atoms with Gasteiger partial charge in [0.05, 0.1) is 12.7 Å². The van der Waals surface area contributed by atoms with Crippen LogP contribution < -0.4 is 10.6 Å². The van der Waals surface area contributed by atoms with Crippen LogP contribution in [0.5, 0.6) is 0 Å². The number of aryl methyl sites for hydroxylation is 1. The second-order valence-electron chi connectivity index (χ2n) is 6.87. The van der Waals surface area contributed by atoms with Crippen molar-refractivity contribution in [3.63, 3.8) is 0 Å². The van der Waals surface area contributed by atoms with E-state index < -0.39 is 0 Å². The van der Waals surface area contributed by atoms with Crippen LogP contribution >= 0.6 is 23.6 Å². The van der Waals surface area contributed by atoms with Crippen LogP contribution in [-0.4, -0.2) is 18.2 Å². The summed E-state index contributed by atoms with van der Waals surface area (Å²) in [5.74, 6) is -0.296. The molecule has 1 aliphatic rings. The van der Waals surface area contributed by atoms with E-state index in [0.29, 0.717) is 10.7 Å². The van der Waals surface area contributed by atoms with Crippen molar-refractivity contribution < 1.29 is 9.53 Å². The van der Waals surface area contributed by atoms with E-state index in [1.807, 2.05) is 24.3 Å². The largest absolute Gasteiger partial charge is 0.465 e. The second-order valence-corrected chi connectivity index (χ2v) is 8.38. The molecule has 0 spiro atoms. The summed E-state index contributed by atoms with van der Waals surface area (Å²) >= 11 is 7.19. The predicted octanol–water partition coefficient (Wildman–Crippen LogP) is 5.77. The minimum Gasteiger partial charge on any atom is -0.465 e. The van der Waals surface area contributed by atoms with Gasteiger partial charge in [-0.25, -0.2) is 4.79 Å². The maximum Gasteiger partial charge on any atom is 0.341 e.